The lowest BCUT2D eigenvalue weighted by molar-refractivity contribution is 0.114. The first-order valence-corrected chi connectivity index (χ1v) is 12.8. The van der Waals surface area contributed by atoms with Gasteiger partial charge < -0.3 is 15.5 Å². The van der Waals surface area contributed by atoms with Crippen LogP contribution in [0.1, 0.15) is 64.4 Å². The maximum atomic E-state index is 4.97. The van der Waals surface area contributed by atoms with Crippen molar-refractivity contribution in [2.45, 2.75) is 83.5 Å². The minimum Gasteiger partial charge on any atom is -0.357 e. The van der Waals surface area contributed by atoms with Crippen LogP contribution in [0.2, 0.25) is 0 Å². The quantitative estimate of drug-likeness (QED) is 0.490. The number of hydrogen-bond acceptors (Lipinski definition) is 3. The fraction of sp³-hybridized carbons (Fsp3) is 0.731. The average molecular weight is 426 g/mol. The maximum Gasteiger partial charge on any atom is 0.191 e. The molecule has 5 heteroatoms. The van der Waals surface area contributed by atoms with Crippen LogP contribution in [0.15, 0.2) is 35.3 Å². The molecule has 3 aliphatic rings. The summed E-state index contributed by atoms with van der Waals surface area (Å²) in [5.41, 5.74) is 1.45. The SMILES string of the molecule is CCNC(=NCCC1CCN(CC)CC1)NC1CC2CCC(C1)N2Cc1ccccc1. The topological polar surface area (TPSA) is 42.9 Å². The van der Waals surface area contributed by atoms with Gasteiger partial charge in [-0.1, -0.05) is 37.3 Å². The fourth-order valence-corrected chi connectivity index (χ4v) is 5.91. The summed E-state index contributed by atoms with van der Waals surface area (Å²) in [6, 6.07) is 13.0. The van der Waals surface area contributed by atoms with Crippen LogP contribution in [-0.2, 0) is 6.54 Å². The summed E-state index contributed by atoms with van der Waals surface area (Å²) in [6.45, 7) is 11.2. The van der Waals surface area contributed by atoms with Gasteiger partial charge in [-0.05, 0) is 83.0 Å². The van der Waals surface area contributed by atoms with Gasteiger partial charge in [-0.3, -0.25) is 9.89 Å². The first-order chi connectivity index (χ1) is 15.2. The number of hydrogen-bond donors (Lipinski definition) is 2. The number of nitrogens with zero attached hydrogens (tertiary/aromatic N) is 3. The summed E-state index contributed by atoms with van der Waals surface area (Å²) in [5, 5.41) is 7.30. The van der Waals surface area contributed by atoms with Crippen molar-refractivity contribution in [1.29, 1.82) is 0 Å². The number of likely N-dealkylation sites (tertiary alicyclic amines) is 1. The van der Waals surface area contributed by atoms with Gasteiger partial charge in [0.15, 0.2) is 5.96 Å². The van der Waals surface area contributed by atoms with Crippen molar-refractivity contribution in [3.63, 3.8) is 0 Å². The molecule has 0 radical (unpaired) electrons. The predicted octanol–water partition coefficient (Wildman–Crippen LogP) is 3.86. The van der Waals surface area contributed by atoms with Gasteiger partial charge in [0.25, 0.3) is 0 Å². The lowest BCUT2D eigenvalue weighted by Crippen LogP contribution is -2.52. The van der Waals surface area contributed by atoms with Crippen LogP contribution in [0, 0.1) is 5.92 Å². The zero-order valence-electron chi connectivity index (χ0n) is 19.7. The third-order valence-electron chi connectivity index (χ3n) is 7.74. The second-order valence-electron chi connectivity index (χ2n) is 9.78. The molecule has 3 saturated heterocycles. The van der Waals surface area contributed by atoms with E-state index in [0.29, 0.717) is 18.1 Å². The highest BCUT2D eigenvalue weighted by molar-refractivity contribution is 5.80. The third kappa shape index (κ3) is 6.23. The van der Waals surface area contributed by atoms with Gasteiger partial charge in [0.05, 0.1) is 0 Å². The second kappa shape index (κ2) is 11.3. The van der Waals surface area contributed by atoms with E-state index in [1.54, 1.807) is 0 Å². The van der Waals surface area contributed by atoms with Gasteiger partial charge in [-0.25, -0.2) is 0 Å². The van der Waals surface area contributed by atoms with Crippen LogP contribution in [0.4, 0.5) is 0 Å². The molecular formula is C26H43N5. The molecule has 5 nitrogen and oxygen atoms in total. The molecule has 1 aromatic rings. The summed E-state index contributed by atoms with van der Waals surface area (Å²) in [4.78, 5) is 10.3. The minimum atomic E-state index is 0.551. The third-order valence-corrected chi connectivity index (χ3v) is 7.74. The highest BCUT2D eigenvalue weighted by Crippen LogP contribution is 2.36. The van der Waals surface area contributed by atoms with E-state index >= 15 is 0 Å². The van der Waals surface area contributed by atoms with Crippen molar-refractivity contribution in [3.8, 4) is 0 Å². The molecule has 2 unspecified atom stereocenters. The molecular weight excluding hydrogens is 382 g/mol. The molecule has 2 N–H and O–H groups in total. The summed E-state index contributed by atoms with van der Waals surface area (Å²) in [5.74, 6) is 1.89. The predicted molar refractivity (Wildman–Crippen MR) is 130 cm³/mol. The van der Waals surface area contributed by atoms with Gasteiger partial charge in [0, 0.05) is 37.8 Å². The molecule has 1 aromatic carbocycles. The minimum absolute atomic E-state index is 0.551. The lowest BCUT2D eigenvalue weighted by atomic mass is 9.94. The van der Waals surface area contributed by atoms with Crippen LogP contribution in [0.25, 0.3) is 0 Å². The van der Waals surface area contributed by atoms with E-state index in [1.165, 1.54) is 70.1 Å². The van der Waals surface area contributed by atoms with Crippen molar-refractivity contribution in [2.75, 3.05) is 32.7 Å². The van der Waals surface area contributed by atoms with Crippen LogP contribution in [-0.4, -0.2) is 66.6 Å². The highest BCUT2D eigenvalue weighted by atomic mass is 15.3. The Labute approximate surface area is 189 Å². The Bertz CT molecular complexity index is 668. The summed E-state index contributed by atoms with van der Waals surface area (Å²) in [7, 11) is 0. The number of guanidine groups is 1. The molecule has 172 valence electrons. The molecule has 0 aliphatic carbocycles. The Balaban J connectivity index is 1.26. The van der Waals surface area contributed by atoms with Crippen molar-refractivity contribution in [3.05, 3.63) is 35.9 Å². The van der Waals surface area contributed by atoms with E-state index in [4.69, 9.17) is 4.99 Å². The number of nitrogens with one attached hydrogen (secondary N) is 2. The van der Waals surface area contributed by atoms with Crippen LogP contribution < -0.4 is 10.6 Å². The number of piperidine rings is 2. The van der Waals surface area contributed by atoms with Crippen molar-refractivity contribution in [2.24, 2.45) is 10.9 Å². The Morgan fingerprint density at radius 3 is 2.35 bits per heavy atom. The molecule has 0 aromatic heterocycles. The molecule has 0 saturated carbocycles. The average Bonchev–Trinajstić information content (AvgIpc) is 3.02. The van der Waals surface area contributed by atoms with Gasteiger partial charge >= 0.3 is 0 Å². The molecule has 2 atom stereocenters. The molecule has 3 aliphatic heterocycles. The van der Waals surface area contributed by atoms with Crippen molar-refractivity contribution in [1.82, 2.24) is 20.4 Å². The molecule has 3 fully saturated rings. The van der Waals surface area contributed by atoms with Crippen molar-refractivity contribution >= 4 is 5.96 Å². The smallest absolute Gasteiger partial charge is 0.191 e. The van der Waals surface area contributed by atoms with E-state index in [0.717, 1.165) is 31.5 Å². The van der Waals surface area contributed by atoms with E-state index in [-0.39, 0.29) is 0 Å². The number of benzene rings is 1. The molecule has 0 spiro atoms. The number of fused-ring (bicyclic) bond motifs is 2. The summed E-state index contributed by atoms with van der Waals surface area (Å²) in [6.07, 6.45) is 9.09. The van der Waals surface area contributed by atoms with Gasteiger partial charge in [0.2, 0.25) is 0 Å². The Morgan fingerprint density at radius 1 is 1.00 bits per heavy atom. The fourth-order valence-electron chi connectivity index (χ4n) is 5.91. The van der Waals surface area contributed by atoms with Gasteiger partial charge in [0.1, 0.15) is 0 Å². The molecule has 3 heterocycles. The van der Waals surface area contributed by atoms with E-state index in [1.807, 2.05) is 0 Å². The van der Waals surface area contributed by atoms with Gasteiger partial charge in [-0.2, -0.15) is 0 Å². The summed E-state index contributed by atoms with van der Waals surface area (Å²) >= 11 is 0. The molecule has 4 rings (SSSR count). The van der Waals surface area contributed by atoms with E-state index < -0.39 is 0 Å². The summed E-state index contributed by atoms with van der Waals surface area (Å²) < 4.78 is 0. The lowest BCUT2D eigenvalue weighted by Gasteiger charge is -2.39. The monoisotopic (exact) mass is 425 g/mol. The highest BCUT2D eigenvalue weighted by Gasteiger charge is 2.40. The van der Waals surface area contributed by atoms with Crippen LogP contribution in [0.5, 0.6) is 0 Å². The number of rotatable bonds is 8. The first-order valence-electron chi connectivity index (χ1n) is 12.8. The maximum absolute atomic E-state index is 4.97. The zero-order valence-corrected chi connectivity index (χ0v) is 19.7. The second-order valence-corrected chi connectivity index (χ2v) is 9.78. The number of aliphatic imine (C=N–C) groups is 1. The van der Waals surface area contributed by atoms with E-state index in [9.17, 15) is 0 Å². The molecule has 0 amide bonds. The Kier molecular flexibility index (Phi) is 8.26. The normalized spacial score (nSPS) is 28.1. The first kappa shape index (κ1) is 22.6. The Hall–Kier alpha value is -1.59. The Morgan fingerprint density at radius 2 is 1.71 bits per heavy atom. The zero-order chi connectivity index (χ0) is 21.5. The van der Waals surface area contributed by atoms with Crippen molar-refractivity contribution < 1.29 is 0 Å². The molecule has 2 bridgehead atoms. The van der Waals surface area contributed by atoms with Crippen LogP contribution in [0.3, 0.4) is 0 Å². The largest absolute Gasteiger partial charge is 0.357 e. The molecule has 31 heavy (non-hydrogen) atoms. The van der Waals surface area contributed by atoms with Crippen LogP contribution >= 0.6 is 0 Å². The van der Waals surface area contributed by atoms with E-state index in [2.05, 4.69) is 64.6 Å². The van der Waals surface area contributed by atoms with Gasteiger partial charge in [-0.15, -0.1) is 0 Å². The standard InChI is InChI=1S/C26H43N5/c1-3-27-26(28-15-12-21-13-16-30(4-2)17-14-21)29-23-18-24-10-11-25(19-23)31(24)20-22-8-6-5-7-9-22/h5-9,21,23-25H,3-4,10-20H2,1-2H3,(H2,27,28,29).